The van der Waals surface area contributed by atoms with Gasteiger partial charge in [0.05, 0.1) is 4.90 Å². The SMILES string of the molecule is COCC(C)CNS(=O)(=O)c1cc(C(=O)O)sc1C. The standard InChI is InChI=1S/C11H17NO5S2/c1-7(6-17-3)5-12-19(15,16)10-4-9(11(13)14)18-8(10)2/h4,7,12H,5-6H2,1-3H3,(H,13,14). The molecule has 19 heavy (non-hydrogen) atoms. The molecule has 0 aliphatic carbocycles. The Labute approximate surface area is 116 Å². The molecule has 2 N–H and O–H groups in total. The Morgan fingerprint density at radius 1 is 1.58 bits per heavy atom. The number of carbonyl (C=O) groups is 1. The lowest BCUT2D eigenvalue weighted by Gasteiger charge is -2.11. The number of hydrogen-bond acceptors (Lipinski definition) is 5. The highest BCUT2D eigenvalue weighted by Crippen LogP contribution is 2.25. The van der Waals surface area contributed by atoms with E-state index in [-0.39, 0.29) is 22.2 Å². The fourth-order valence-corrected chi connectivity index (χ4v) is 4.10. The molecular formula is C11H17NO5S2. The first-order valence-corrected chi connectivity index (χ1v) is 7.90. The Hall–Kier alpha value is -0.960. The first-order valence-electron chi connectivity index (χ1n) is 5.60. The zero-order chi connectivity index (χ0) is 14.6. The van der Waals surface area contributed by atoms with E-state index in [1.54, 1.807) is 14.0 Å². The van der Waals surface area contributed by atoms with Crippen molar-refractivity contribution in [3.05, 3.63) is 15.8 Å². The average Bonchev–Trinajstić information content (AvgIpc) is 2.70. The molecule has 0 aliphatic heterocycles. The van der Waals surface area contributed by atoms with Crippen molar-refractivity contribution in [3.8, 4) is 0 Å². The monoisotopic (exact) mass is 307 g/mol. The lowest BCUT2D eigenvalue weighted by molar-refractivity contribution is 0.0702. The highest BCUT2D eigenvalue weighted by atomic mass is 32.2. The Kier molecular flexibility index (Phi) is 5.48. The molecule has 6 nitrogen and oxygen atoms in total. The first-order chi connectivity index (χ1) is 8.77. The van der Waals surface area contributed by atoms with E-state index in [1.165, 1.54) is 6.07 Å². The van der Waals surface area contributed by atoms with Gasteiger partial charge < -0.3 is 9.84 Å². The van der Waals surface area contributed by atoms with Crippen LogP contribution >= 0.6 is 11.3 Å². The summed E-state index contributed by atoms with van der Waals surface area (Å²) in [6, 6.07) is 1.19. The van der Waals surface area contributed by atoms with Gasteiger partial charge in [-0.2, -0.15) is 0 Å². The van der Waals surface area contributed by atoms with E-state index >= 15 is 0 Å². The van der Waals surface area contributed by atoms with Gasteiger partial charge >= 0.3 is 5.97 Å². The number of hydrogen-bond donors (Lipinski definition) is 2. The second-order valence-corrected chi connectivity index (χ2v) is 7.24. The minimum absolute atomic E-state index is 0.0165. The summed E-state index contributed by atoms with van der Waals surface area (Å²) in [6.45, 7) is 4.14. The van der Waals surface area contributed by atoms with Crippen LogP contribution in [0.5, 0.6) is 0 Å². The van der Waals surface area contributed by atoms with Crippen molar-refractivity contribution in [2.45, 2.75) is 18.7 Å². The fraction of sp³-hybridized carbons (Fsp3) is 0.545. The second-order valence-electron chi connectivity index (χ2n) is 4.25. The van der Waals surface area contributed by atoms with Crippen molar-refractivity contribution in [1.82, 2.24) is 4.72 Å². The summed E-state index contributed by atoms with van der Waals surface area (Å²) in [6.07, 6.45) is 0. The number of carboxylic acid groups (broad SMARTS) is 1. The minimum atomic E-state index is -3.68. The molecule has 0 aliphatic rings. The van der Waals surface area contributed by atoms with Crippen LogP contribution in [0.25, 0.3) is 0 Å². The van der Waals surface area contributed by atoms with E-state index in [0.29, 0.717) is 11.5 Å². The van der Waals surface area contributed by atoms with Crippen LogP contribution in [0.3, 0.4) is 0 Å². The molecule has 0 amide bonds. The van der Waals surface area contributed by atoms with E-state index in [1.807, 2.05) is 6.92 Å². The van der Waals surface area contributed by atoms with Crippen LogP contribution in [0.1, 0.15) is 21.5 Å². The maximum Gasteiger partial charge on any atom is 0.345 e. The number of aryl methyl sites for hydroxylation is 1. The number of carboxylic acids is 1. The summed E-state index contributed by atoms with van der Waals surface area (Å²) in [7, 11) is -2.13. The Morgan fingerprint density at radius 2 is 2.21 bits per heavy atom. The number of methoxy groups -OCH3 is 1. The van der Waals surface area contributed by atoms with Gasteiger partial charge in [-0.15, -0.1) is 11.3 Å². The third-order valence-corrected chi connectivity index (χ3v) is 5.16. The second kappa shape index (κ2) is 6.47. The van der Waals surface area contributed by atoms with E-state index in [0.717, 1.165) is 11.3 Å². The number of ether oxygens (including phenoxy) is 1. The molecule has 1 atom stereocenters. The molecule has 1 aromatic heterocycles. The maximum atomic E-state index is 12.1. The van der Waals surface area contributed by atoms with Crippen molar-refractivity contribution < 1.29 is 23.1 Å². The van der Waals surface area contributed by atoms with Crippen LogP contribution in [-0.4, -0.2) is 39.8 Å². The molecule has 0 spiro atoms. The van der Waals surface area contributed by atoms with Crippen molar-refractivity contribution in [1.29, 1.82) is 0 Å². The molecule has 8 heteroatoms. The van der Waals surface area contributed by atoms with Crippen LogP contribution in [-0.2, 0) is 14.8 Å². The van der Waals surface area contributed by atoms with Gasteiger partial charge in [0.25, 0.3) is 0 Å². The zero-order valence-electron chi connectivity index (χ0n) is 11.0. The molecule has 1 rings (SSSR count). The molecule has 0 saturated heterocycles. The Morgan fingerprint density at radius 3 is 2.68 bits per heavy atom. The van der Waals surface area contributed by atoms with Gasteiger partial charge in [0, 0.05) is 25.1 Å². The molecule has 108 valence electrons. The van der Waals surface area contributed by atoms with Crippen molar-refractivity contribution in [2.75, 3.05) is 20.3 Å². The number of aromatic carboxylic acids is 1. The van der Waals surface area contributed by atoms with Crippen LogP contribution in [0.15, 0.2) is 11.0 Å². The van der Waals surface area contributed by atoms with Gasteiger partial charge in [-0.25, -0.2) is 17.9 Å². The molecule has 0 bridgehead atoms. The summed E-state index contributed by atoms with van der Waals surface area (Å²) in [5.41, 5.74) is 0. The predicted molar refractivity (Wildman–Crippen MR) is 72.2 cm³/mol. The van der Waals surface area contributed by atoms with Gasteiger partial charge in [0.2, 0.25) is 10.0 Å². The largest absolute Gasteiger partial charge is 0.477 e. The summed E-state index contributed by atoms with van der Waals surface area (Å²) >= 11 is 0.950. The van der Waals surface area contributed by atoms with Crippen molar-refractivity contribution in [3.63, 3.8) is 0 Å². The fourth-order valence-electron chi connectivity index (χ4n) is 1.51. The highest BCUT2D eigenvalue weighted by molar-refractivity contribution is 7.89. The van der Waals surface area contributed by atoms with Crippen LogP contribution in [0, 0.1) is 12.8 Å². The molecule has 0 fully saturated rings. The van der Waals surface area contributed by atoms with Gasteiger partial charge in [0.1, 0.15) is 4.88 Å². The predicted octanol–water partition coefficient (Wildman–Crippen LogP) is 1.32. The van der Waals surface area contributed by atoms with Crippen molar-refractivity contribution in [2.24, 2.45) is 5.92 Å². The third kappa shape index (κ3) is 4.27. The zero-order valence-corrected chi connectivity index (χ0v) is 12.6. The van der Waals surface area contributed by atoms with Crippen molar-refractivity contribution >= 4 is 27.3 Å². The van der Waals surface area contributed by atoms with E-state index < -0.39 is 16.0 Å². The summed E-state index contributed by atoms with van der Waals surface area (Å²) in [4.78, 5) is 11.3. The molecule has 1 aromatic rings. The van der Waals surface area contributed by atoms with Crippen LogP contribution in [0.4, 0.5) is 0 Å². The minimum Gasteiger partial charge on any atom is -0.477 e. The first kappa shape index (κ1) is 16.1. The molecule has 1 unspecified atom stereocenters. The molecule has 0 saturated carbocycles. The Balaban J connectivity index is 2.86. The number of sulfonamides is 1. The summed E-state index contributed by atoms with van der Waals surface area (Å²) < 4.78 is 31.5. The number of nitrogens with one attached hydrogen (secondary N) is 1. The maximum absolute atomic E-state index is 12.1. The smallest absolute Gasteiger partial charge is 0.345 e. The molecule has 0 radical (unpaired) electrons. The van der Waals surface area contributed by atoms with Gasteiger partial charge in [0.15, 0.2) is 0 Å². The lowest BCUT2D eigenvalue weighted by atomic mass is 10.2. The highest BCUT2D eigenvalue weighted by Gasteiger charge is 2.22. The third-order valence-electron chi connectivity index (χ3n) is 2.45. The average molecular weight is 307 g/mol. The van der Waals surface area contributed by atoms with Gasteiger partial charge in [-0.3, -0.25) is 0 Å². The lowest BCUT2D eigenvalue weighted by Crippen LogP contribution is -2.30. The van der Waals surface area contributed by atoms with Gasteiger partial charge in [-0.05, 0) is 18.9 Å². The van der Waals surface area contributed by atoms with Gasteiger partial charge in [-0.1, -0.05) is 6.92 Å². The molecular weight excluding hydrogens is 290 g/mol. The summed E-state index contributed by atoms with van der Waals surface area (Å²) in [5.74, 6) is -1.08. The topological polar surface area (TPSA) is 92.7 Å². The van der Waals surface area contributed by atoms with Crippen LogP contribution < -0.4 is 4.72 Å². The normalized spacial score (nSPS) is 13.4. The van der Waals surface area contributed by atoms with E-state index in [4.69, 9.17) is 9.84 Å². The number of rotatable bonds is 7. The Bertz CT molecular complexity index is 549. The van der Waals surface area contributed by atoms with E-state index in [9.17, 15) is 13.2 Å². The summed E-state index contributed by atoms with van der Waals surface area (Å²) in [5, 5.41) is 8.86. The van der Waals surface area contributed by atoms with E-state index in [2.05, 4.69) is 4.72 Å². The quantitative estimate of drug-likeness (QED) is 0.792. The molecule has 1 heterocycles. The van der Waals surface area contributed by atoms with Crippen LogP contribution in [0.2, 0.25) is 0 Å². The molecule has 0 aromatic carbocycles. The number of thiophene rings is 1.